The molecule has 0 aliphatic carbocycles. The van der Waals surface area contributed by atoms with E-state index in [1.807, 2.05) is 0 Å². The Morgan fingerprint density at radius 1 is 1.10 bits per heavy atom. The number of carbonyl (C=O) groups excluding carboxylic acids is 1. The summed E-state index contributed by atoms with van der Waals surface area (Å²) in [6.07, 6.45) is 0. The van der Waals surface area contributed by atoms with E-state index in [1.54, 1.807) is 43.3 Å². The molecule has 2 N–H and O–H groups in total. The normalized spacial score (nSPS) is 10.1. The molecule has 102 valence electrons. The largest absolute Gasteiger partial charge is 0.478 e. The van der Waals surface area contributed by atoms with Gasteiger partial charge in [-0.3, -0.25) is 4.79 Å². The molecular weight excluding hydrogens is 278 g/mol. The fourth-order valence-electron chi connectivity index (χ4n) is 1.73. The van der Waals surface area contributed by atoms with E-state index in [4.69, 9.17) is 16.7 Å². The van der Waals surface area contributed by atoms with Crippen molar-refractivity contribution in [2.45, 2.75) is 6.92 Å². The molecule has 0 aliphatic heterocycles. The Kier molecular flexibility index (Phi) is 4.05. The number of nitrogens with one attached hydrogen (secondary N) is 1. The van der Waals surface area contributed by atoms with E-state index in [9.17, 15) is 9.59 Å². The topological polar surface area (TPSA) is 66.4 Å². The van der Waals surface area contributed by atoms with Gasteiger partial charge in [0.2, 0.25) is 0 Å². The van der Waals surface area contributed by atoms with Gasteiger partial charge >= 0.3 is 5.97 Å². The second-order valence-corrected chi connectivity index (χ2v) is 4.73. The molecule has 2 aromatic rings. The van der Waals surface area contributed by atoms with Crippen molar-refractivity contribution >= 4 is 29.2 Å². The summed E-state index contributed by atoms with van der Waals surface area (Å²) in [5.41, 5.74) is 1.62. The monoisotopic (exact) mass is 289 g/mol. The Hall–Kier alpha value is -2.33. The highest BCUT2D eigenvalue weighted by Crippen LogP contribution is 2.16. The highest BCUT2D eigenvalue weighted by molar-refractivity contribution is 6.30. The van der Waals surface area contributed by atoms with Crippen LogP contribution >= 0.6 is 11.6 Å². The number of carboxylic acids is 1. The van der Waals surface area contributed by atoms with Crippen molar-refractivity contribution in [1.82, 2.24) is 0 Å². The second-order valence-electron chi connectivity index (χ2n) is 4.30. The molecule has 0 saturated heterocycles. The van der Waals surface area contributed by atoms with Crippen LogP contribution < -0.4 is 5.32 Å². The highest BCUT2D eigenvalue weighted by Gasteiger charge is 2.12. The van der Waals surface area contributed by atoms with E-state index in [2.05, 4.69) is 5.32 Å². The van der Waals surface area contributed by atoms with Crippen LogP contribution in [0.1, 0.15) is 26.3 Å². The van der Waals surface area contributed by atoms with Gasteiger partial charge in [-0.05, 0) is 48.9 Å². The Morgan fingerprint density at radius 2 is 1.75 bits per heavy atom. The zero-order valence-corrected chi connectivity index (χ0v) is 11.4. The summed E-state index contributed by atoms with van der Waals surface area (Å²) in [5, 5.41) is 12.3. The van der Waals surface area contributed by atoms with Gasteiger partial charge < -0.3 is 10.4 Å². The number of anilines is 1. The maximum Gasteiger partial charge on any atom is 0.335 e. The van der Waals surface area contributed by atoms with Crippen LogP contribution in [0.3, 0.4) is 0 Å². The van der Waals surface area contributed by atoms with Gasteiger partial charge in [0.25, 0.3) is 5.91 Å². The Morgan fingerprint density at radius 3 is 2.35 bits per heavy atom. The van der Waals surface area contributed by atoms with Gasteiger partial charge in [-0.25, -0.2) is 4.79 Å². The van der Waals surface area contributed by atoms with E-state index >= 15 is 0 Å². The molecule has 0 spiro atoms. The van der Waals surface area contributed by atoms with Crippen LogP contribution in [0.2, 0.25) is 5.02 Å². The third-order valence-electron chi connectivity index (χ3n) is 2.83. The van der Waals surface area contributed by atoms with Crippen LogP contribution in [0.4, 0.5) is 5.69 Å². The third kappa shape index (κ3) is 3.16. The molecular formula is C15H12ClNO3. The molecule has 5 heteroatoms. The van der Waals surface area contributed by atoms with Gasteiger partial charge in [0.05, 0.1) is 5.56 Å². The van der Waals surface area contributed by atoms with Crippen molar-refractivity contribution in [3.05, 3.63) is 64.2 Å². The number of halogens is 1. The first-order valence-electron chi connectivity index (χ1n) is 5.88. The lowest BCUT2D eigenvalue weighted by Crippen LogP contribution is -2.13. The molecule has 2 aromatic carbocycles. The summed E-state index contributed by atoms with van der Waals surface area (Å²) in [7, 11) is 0. The summed E-state index contributed by atoms with van der Waals surface area (Å²) in [6.45, 7) is 1.68. The summed E-state index contributed by atoms with van der Waals surface area (Å²) in [5.74, 6) is -1.42. The minimum atomic E-state index is -1.05. The first kappa shape index (κ1) is 14.1. The molecule has 0 saturated carbocycles. The summed E-state index contributed by atoms with van der Waals surface area (Å²) < 4.78 is 0. The SMILES string of the molecule is Cc1ccc(C(=O)Nc2ccc(Cl)cc2)cc1C(=O)O. The molecule has 20 heavy (non-hydrogen) atoms. The van der Waals surface area contributed by atoms with Gasteiger partial charge in [0.15, 0.2) is 0 Å². The number of rotatable bonds is 3. The molecule has 0 heterocycles. The van der Waals surface area contributed by atoms with E-state index in [0.29, 0.717) is 21.8 Å². The molecule has 4 nitrogen and oxygen atoms in total. The number of aryl methyl sites for hydroxylation is 1. The molecule has 0 radical (unpaired) electrons. The van der Waals surface area contributed by atoms with Crippen LogP contribution in [0.25, 0.3) is 0 Å². The quantitative estimate of drug-likeness (QED) is 0.907. The lowest BCUT2D eigenvalue weighted by Gasteiger charge is -2.07. The van der Waals surface area contributed by atoms with E-state index in [-0.39, 0.29) is 11.5 Å². The van der Waals surface area contributed by atoms with Crippen LogP contribution in [0.5, 0.6) is 0 Å². The minimum absolute atomic E-state index is 0.119. The third-order valence-corrected chi connectivity index (χ3v) is 3.08. The highest BCUT2D eigenvalue weighted by atomic mass is 35.5. The Labute approximate surface area is 121 Å². The maximum absolute atomic E-state index is 12.0. The molecule has 0 bridgehead atoms. The van der Waals surface area contributed by atoms with Crippen molar-refractivity contribution < 1.29 is 14.7 Å². The van der Waals surface area contributed by atoms with E-state index < -0.39 is 5.97 Å². The fourth-order valence-corrected chi connectivity index (χ4v) is 1.86. The molecule has 2 rings (SSSR count). The zero-order valence-electron chi connectivity index (χ0n) is 10.7. The van der Waals surface area contributed by atoms with Crippen LogP contribution in [0, 0.1) is 6.92 Å². The first-order valence-corrected chi connectivity index (χ1v) is 6.26. The van der Waals surface area contributed by atoms with Gasteiger partial charge in [-0.15, -0.1) is 0 Å². The summed E-state index contributed by atoms with van der Waals surface area (Å²) >= 11 is 5.76. The molecule has 0 aromatic heterocycles. The van der Waals surface area contributed by atoms with Crippen molar-refractivity contribution in [3.63, 3.8) is 0 Å². The Bertz CT molecular complexity index is 665. The van der Waals surface area contributed by atoms with Crippen LogP contribution in [0.15, 0.2) is 42.5 Å². The number of hydrogen-bond acceptors (Lipinski definition) is 2. The molecule has 0 atom stereocenters. The lowest BCUT2D eigenvalue weighted by atomic mass is 10.0. The summed E-state index contributed by atoms with van der Waals surface area (Å²) in [4.78, 5) is 23.1. The average molecular weight is 290 g/mol. The number of amides is 1. The van der Waals surface area contributed by atoms with Gasteiger partial charge in [-0.2, -0.15) is 0 Å². The smallest absolute Gasteiger partial charge is 0.335 e. The van der Waals surface area contributed by atoms with Crippen molar-refractivity contribution in [2.24, 2.45) is 0 Å². The predicted octanol–water partition coefficient (Wildman–Crippen LogP) is 3.60. The van der Waals surface area contributed by atoms with E-state index in [0.717, 1.165) is 0 Å². The van der Waals surface area contributed by atoms with Gasteiger partial charge in [-0.1, -0.05) is 17.7 Å². The first-order chi connectivity index (χ1) is 9.47. The van der Waals surface area contributed by atoms with Gasteiger partial charge in [0.1, 0.15) is 0 Å². The fraction of sp³-hybridized carbons (Fsp3) is 0.0667. The number of carbonyl (C=O) groups is 2. The number of carboxylic acid groups (broad SMARTS) is 1. The molecule has 1 amide bonds. The van der Waals surface area contributed by atoms with Crippen LogP contribution in [-0.4, -0.2) is 17.0 Å². The van der Waals surface area contributed by atoms with Gasteiger partial charge in [0, 0.05) is 16.3 Å². The predicted molar refractivity (Wildman–Crippen MR) is 77.5 cm³/mol. The Balaban J connectivity index is 2.23. The van der Waals surface area contributed by atoms with Crippen molar-refractivity contribution in [2.75, 3.05) is 5.32 Å². The number of aromatic carboxylic acids is 1. The zero-order chi connectivity index (χ0) is 14.7. The summed E-state index contributed by atoms with van der Waals surface area (Å²) in [6, 6.07) is 11.2. The van der Waals surface area contributed by atoms with Crippen LogP contribution in [-0.2, 0) is 0 Å². The second kappa shape index (κ2) is 5.75. The maximum atomic E-state index is 12.0. The van der Waals surface area contributed by atoms with Crippen molar-refractivity contribution in [1.29, 1.82) is 0 Å². The molecule has 0 aliphatic rings. The average Bonchev–Trinajstić information content (AvgIpc) is 2.41. The minimum Gasteiger partial charge on any atom is -0.478 e. The van der Waals surface area contributed by atoms with E-state index in [1.165, 1.54) is 6.07 Å². The lowest BCUT2D eigenvalue weighted by molar-refractivity contribution is 0.0696. The number of hydrogen-bond donors (Lipinski definition) is 2. The van der Waals surface area contributed by atoms with Crippen molar-refractivity contribution in [3.8, 4) is 0 Å². The molecule has 0 unspecified atom stereocenters. The standard InChI is InChI=1S/C15H12ClNO3/c1-9-2-3-10(8-13(9)15(19)20)14(18)17-12-6-4-11(16)5-7-12/h2-8H,1H3,(H,17,18)(H,19,20). The molecule has 0 fully saturated rings. The number of benzene rings is 2.